The van der Waals surface area contributed by atoms with Crippen molar-refractivity contribution < 1.29 is 19.2 Å². The Morgan fingerprint density at radius 1 is 1.09 bits per heavy atom. The standard InChI is InChI=1S/C12H19N3O4.C3H8/c16-10-4-5-11(17)15(10)19-12(18)13-6-9-14-7-2-1-3-8-14;1-3-2/h1-9H2,(H,13,18);3H2,1-2H3. The van der Waals surface area contributed by atoms with Crippen LogP contribution in [0, 0.1) is 0 Å². The molecule has 2 rings (SSSR count). The van der Waals surface area contributed by atoms with Gasteiger partial charge in [0.2, 0.25) is 0 Å². The van der Waals surface area contributed by atoms with Crippen LogP contribution in [0.15, 0.2) is 0 Å². The van der Waals surface area contributed by atoms with Crippen molar-refractivity contribution in [2.75, 3.05) is 26.2 Å². The van der Waals surface area contributed by atoms with Gasteiger partial charge in [-0.15, -0.1) is 5.06 Å². The Morgan fingerprint density at radius 3 is 2.18 bits per heavy atom. The second-order valence-corrected chi connectivity index (χ2v) is 5.50. The molecule has 0 aliphatic carbocycles. The summed E-state index contributed by atoms with van der Waals surface area (Å²) in [5.74, 6) is -0.924. The fourth-order valence-corrected chi connectivity index (χ4v) is 2.27. The second kappa shape index (κ2) is 10.2. The van der Waals surface area contributed by atoms with Crippen molar-refractivity contribution >= 4 is 17.9 Å². The highest BCUT2D eigenvalue weighted by Crippen LogP contribution is 2.12. The number of hydrogen-bond donors (Lipinski definition) is 1. The van der Waals surface area contributed by atoms with Gasteiger partial charge in [0, 0.05) is 25.9 Å². The Bertz CT molecular complexity index is 365. The number of imide groups is 1. The number of carbonyl (C=O) groups is 3. The maximum Gasteiger partial charge on any atom is 0.432 e. The van der Waals surface area contributed by atoms with E-state index in [-0.39, 0.29) is 12.8 Å². The lowest BCUT2D eigenvalue weighted by Gasteiger charge is -2.26. The smallest absolute Gasteiger partial charge is 0.318 e. The molecule has 0 bridgehead atoms. The van der Waals surface area contributed by atoms with E-state index in [4.69, 9.17) is 4.84 Å². The number of nitrogens with one attached hydrogen (secondary N) is 1. The summed E-state index contributed by atoms with van der Waals surface area (Å²) in [4.78, 5) is 40.9. The monoisotopic (exact) mass is 313 g/mol. The third kappa shape index (κ3) is 6.43. The molecule has 2 saturated heterocycles. The lowest BCUT2D eigenvalue weighted by Crippen LogP contribution is -2.41. The maximum atomic E-state index is 11.4. The fourth-order valence-electron chi connectivity index (χ4n) is 2.27. The van der Waals surface area contributed by atoms with Crippen LogP contribution in [0.3, 0.4) is 0 Å². The molecular formula is C15H27N3O4. The Kier molecular flexibility index (Phi) is 8.50. The van der Waals surface area contributed by atoms with E-state index in [0.717, 1.165) is 19.6 Å². The van der Waals surface area contributed by atoms with Crippen LogP contribution in [-0.2, 0) is 14.4 Å². The highest BCUT2D eigenvalue weighted by molar-refractivity contribution is 6.01. The van der Waals surface area contributed by atoms with E-state index in [0.29, 0.717) is 11.6 Å². The van der Waals surface area contributed by atoms with Crippen LogP contribution in [0.25, 0.3) is 0 Å². The molecule has 7 heteroatoms. The van der Waals surface area contributed by atoms with Crippen LogP contribution >= 0.6 is 0 Å². The van der Waals surface area contributed by atoms with Crippen LogP contribution in [0.4, 0.5) is 4.79 Å². The third-order valence-corrected chi connectivity index (χ3v) is 3.33. The molecule has 0 unspecified atom stereocenters. The lowest BCUT2D eigenvalue weighted by atomic mass is 10.1. The van der Waals surface area contributed by atoms with Gasteiger partial charge in [0.25, 0.3) is 11.8 Å². The number of carbonyl (C=O) groups excluding carboxylic acids is 3. The normalized spacial score (nSPS) is 18.7. The van der Waals surface area contributed by atoms with E-state index in [2.05, 4.69) is 24.1 Å². The molecule has 0 radical (unpaired) electrons. The largest absolute Gasteiger partial charge is 0.432 e. The van der Waals surface area contributed by atoms with Crippen LogP contribution in [-0.4, -0.2) is 54.0 Å². The highest BCUT2D eigenvalue weighted by Gasteiger charge is 2.32. The molecular weight excluding hydrogens is 286 g/mol. The van der Waals surface area contributed by atoms with Gasteiger partial charge < -0.3 is 15.1 Å². The average molecular weight is 313 g/mol. The first-order valence-corrected chi connectivity index (χ1v) is 8.12. The molecule has 1 N–H and O–H groups in total. The quantitative estimate of drug-likeness (QED) is 0.799. The predicted molar refractivity (Wildman–Crippen MR) is 81.8 cm³/mol. The van der Waals surface area contributed by atoms with Gasteiger partial charge in [-0.05, 0) is 25.9 Å². The van der Waals surface area contributed by atoms with Crippen molar-refractivity contribution in [3.8, 4) is 0 Å². The Hall–Kier alpha value is -1.63. The van der Waals surface area contributed by atoms with Gasteiger partial charge in [-0.3, -0.25) is 9.59 Å². The zero-order chi connectivity index (χ0) is 16.4. The van der Waals surface area contributed by atoms with E-state index < -0.39 is 17.9 Å². The molecule has 0 spiro atoms. The Balaban J connectivity index is 0.000000745. The predicted octanol–water partition coefficient (Wildman–Crippen LogP) is 1.68. The first-order chi connectivity index (χ1) is 10.6. The number of rotatable bonds is 4. The zero-order valence-electron chi connectivity index (χ0n) is 13.6. The van der Waals surface area contributed by atoms with Gasteiger partial charge in [-0.2, -0.15) is 0 Å². The third-order valence-electron chi connectivity index (χ3n) is 3.33. The van der Waals surface area contributed by atoms with Crippen LogP contribution in [0.1, 0.15) is 52.4 Å². The van der Waals surface area contributed by atoms with Crippen LogP contribution in [0.2, 0.25) is 0 Å². The minimum absolute atomic E-state index is 0.111. The summed E-state index contributed by atoms with van der Waals surface area (Å²) in [5.41, 5.74) is 0. The van der Waals surface area contributed by atoms with Crippen molar-refractivity contribution in [1.29, 1.82) is 0 Å². The molecule has 7 nitrogen and oxygen atoms in total. The number of hydrogen-bond acceptors (Lipinski definition) is 5. The minimum Gasteiger partial charge on any atom is -0.318 e. The van der Waals surface area contributed by atoms with Crippen LogP contribution in [0.5, 0.6) is 0 Å². The van der Waals surface area contributed by atoms with Crippen LogP contribution < -0.4 is 5.32 Å². The lowest BCUT2D eigenvalue weighted by molar-refractivity contribution is -0.171. The summed E-state index contributed by atoms with van der Waals surface area (Å²) < 4.78 is 0. The molecule has 22 heavy (non-hydrogen) atoms. The molecule has 2 aliphatic heterocycles. The SMILES string of the molecule is CCC.O=C(NCCN1CCCCC1)ON1C(=O)CCC1=O. The molecule has 3 amide bonds. The van der Waals surface area contributed by atoms with E-state index in [1.165, 1.54) is 25.7 Å². The summed E-state index contributed by atoms with van der Waals surface area (Å²) in [5, 5.41) is 3.10. The Labute approximate surface area is 131 Å². The molecule has 0 aromatic rings. The summed E-state index contributed by atoms with van der Waals surface area (Å²) in [6.07, 6.45) is 4.38. The van der Waals surface area contributed by atoms with Gasteiger partial charge in [-0.25, -0.2) is 4.79 Å². The average Bonchev–Trinajstić information content (AvgIpc) is 2.81. The minimum atomic E-state index is -0.749. The van der Waals surface area contributed by atoms with Gasteiger partial charge in [0.1, 0.15) is 0 Å². The number of piperidine rings is 1. The van der Waals surface area contributed by atoms with Crippen molar-refractivity contribution in [3.05, 3.63) is 0 Å². The molecule has 2 fully saturated rings. The second-order valence-electron chi connectivity index (χ2n) is 5.50. The Morgan fingerprint density at radius 2 is 1.64 bits per heavy atom. The van der Waals surface area contributed by atoms with E-state index in [1.54, 1.807) is 0 Å². The summed E-state index contributed by atoms with van der Waals surface area (Å²) in [7, 11) is 0. The highest BCUT2D eigenvalue weighted by atomic mass is 16.7. The summed E-state index contributed by atoms with van der Waals surface area (Å²) in [6, 6.07) is 0. The van der Waals surface area contributed by atoms with Crippen molar-refractivity contribution in [3.63, 3.8) is 0 Å². The molecule has 0 aromatic carbocycles. The number of hydroxylamine groups is 2. The fraction of sp³-hybridized carbons (Fsp3) is 0.800. The molecule has 2 heterocycles. The first kappa shape index (κ1) is 18.4. The van der Waals surface area contributed by atoms with Gasteiger partial charge in [0.15, 0.2) is 0 Å². The molecule has 2 aliphatic rings. The molecule has 0 aromatic heterocycles. The zero-order valence-corrected chi connectivity index (χ0v) is 13.6. The molecule has 0 saturated carbocycles. The summed E-state index contributed by atoms with van der Waals surface area (Å²) >= 11 is 0. The first-order valence-electron chi connectivity index (χ1n) is 8.12. The summed E-state index contributed by atoms with van der Waals surface area (Å²) in [6.45, 7) is 7.58. The van der Waals surface area contributed by atoms with Gasteiger partial charge >= 0.3 is 6.09 Å². The maximum absolute atomic E-state index is 11.4. The van der Waals surface area contributed by atoms with Crippen molar-refractivity contribution in [1.82, 2.24) is 15.3 Å². The molecule has 126 valence electrons. The molecule has 0 atom stereocenters. The van der Waals surface area contributed by atoms with Gasteiger partial charge in [0.05, 0.1) is 0 Å². The number of amides is 3. The van der Waals surface area contributed by atoms with Gasteiger partial charge in [-0.1, -0.05) is 26.7 Å². The van der Waals surface area contributed by atoms with Crippen molar-refractivity contribution in [2.45, 2.75) is 52.4 Å². The van der Waals surface area contributed by atoms with E-state index in [1.807, 2.05) is 0 Å². The number of nitrogens with zero attached hydrogens (tertiary/aromatic N) is 2. The van der Waals surface area contributed by atoms with Crippen molar-refractivity contribution in [2.24, 2.45) is 0 Å². The number of likely N-dealkylation sites (tertiary alicyclic amines) is 1. The topological polar surface area (TPSA) is 79.0 Å². The van der Waals surface area contributed by atoms with E-state index in [9.17, 15) is 14.4 Å². The van der Waals surface area contributed by atoms with E-state index >= 15 is 0 Å².